The molecule has 0 spiro atoms. The van der Waals surface area contributed by atoms with Crippen LogP contribution in [0.25, 0.3) is 6.08 Å². The number of hydrogen-bond acceptors (Lipinski definition) is 10. The minimum atomic E-state index is -3.74. The summed E-state index contributed by atoms with van der Waals surface area (Å²) in [6.07, 6.45) is -2.02. The van der Waals surface area contributed by atoms with Crippen molar-refractivity contribution in [3.05, 3.63) is 67.4 Å². The van der Waals surface area contributed by atoms with Crippen molar-refractivity contribution in [1.82, 2.24) is 13.9 Å². The summed E-state index contributed by atoms with van der Waals surface area (Å²) in [5, 5.41) is 20.9. The molecule has 1 aromatic carbocycles. The Morgan fingerprint density at radius 2 is 1.85 bits per heavy atom. The zero-order chi connectivity index (χ0) is 30.3. The first kappa shape index (κ1) is 32.6. The van der Waals surface area contributed by atoms with Gasteiger partial charge in [0.25, 0.3) is 5.56 Å². The number of H-pyrrole nitrogens is 1. The second-order valence-electron chi connectivity index (χ2n) is 9.32. The van der Waals surface area contributed by atoms with Crippen LogP contribution in [0.5, 0.6) is 0 Å². The van der Waals surface area contributed by atoms with Gasteiger partial charge >= 0.3 is 11.7 Å². The molecule has 1 aromatic heterocycles. The van der Waals surface area contributed by atoms with Gasteiger partial charge < -0.3 is 19.7 Å². The fraction of sp³-hybridized carbons (Fsp3) is 0.462. The highest BCUT2D eigenvalue weighted by atomic mass is 79.9. The molecule has 0 bridgehead atoms. The van der Waals surface area contributed by atoms with E-state index in [0.717, 1.165) is 4.57 Å². The second kappa shape index (κ2) is 14.3. The highest BCUT2D eigenvalue weighted by Crippen LogP contribution is 2.30. The topological polar surface area (TPSA) is 185 Å². The summed E-state index contributed by atoms with van der Waals surface area (Å²) in [5.74, 6) is -1.89. The van der Waals surface area contributed by atoms with E-state index in [4.69, 9.17) is 9.47 Å². The Morgan fingerprint density at radius 1 is 1.22 bits per heavy atom. The van der Waals surface area contributed by atoms with Gasteiger partial charge in [0, 0.05) is 25.7 Å². The molecule has 1 saturated heterocycles. The van der Waals surface area contributed by atoms with Crippen molar-refractivity contribution in [3.8, 4) is 0 Å². The average Bonchev–Trinajstić information content (AvgIpc) is 3.33. The Kier molecular flexibility index (Phi) is 11.3. The molecule has 1 aliphatic rings. The third-order valence-corrected chi connectivity index (χ3v) is 8.52. The van der Waals surface area contributed by atoms with Crippen LogP contribution in [-0.2, 0) is 24.3 Å². The first-order chi connectivity index (χ1) is 19.4. The lowest BCUT2D eigenvalue weighted by Gasteiger charge is -2.21. The summed E-state index contributed by atoms with van der Waals surface area (Å²) in [5.41, 5.74) is -1.33. The number of ether oxygens (including phenoxy) is 2. The van der Waals surface area contributed by atoms with Crippen LogP contribution in [0.4, 0.5) is 0 Å². The molecule has 0 radical (unpaired) electrons. The second-order valence-corrected chi connectivity index (χ2v) is 11.8. The number of hydrogen-bond donors (Lipinski definition) is 3. The Labute approximate surface area is 244 Å². The van der Waals surface area contributed by atoms with Gasteiger partial charge in [0.1, 0.15) is 18.4 Å². The fourth-order valence-electron chi connectivity index (χ4n) is 4.29. The van der Waals surface area contributed by atoms with E-state index in [1.807, 2.05) is 13.8 Å². The zero-order valence-corrected chi connectivity index (χ0v) is 24.8. The highest BCUT2D eigenvalue weighted by molar-refractivity contribution is 9.11. The summed E-state index contributed by atoms with van der Waals surface area (Å²) in [6.45, 7) is 3.63. The Balaban J connectivity index is 1.63. The van der Waals surface area contributed by atoms with Gasteiger partial charge in [-0.25, -0.2) is 18.0 Å². The summed E-state index contributed by atoms with van der Waals surface area (Å²) >= 11 is 3.04. The van der Waals surface area contributed by atoms with Crippen molar-refractivity contribution in [2.75, 3.05) is 19.7 Å². The van der Waals surface area contributed by atoms with Crippen LogP contribution >= 0.6 is 15.9 Å². The number of Topliss-reactive ketones (excluding diaryl/α,β-unsaturated/α-hetero) is 1. The lowest BCUT2D eigenvalue weighted by atomic mass is 10.0. The van der Waals surface area contributed by atoms with Crippen LogP contribution in [0.3, 0.4) is 0 Å². The molecule has 1 aliphatic heterocycles. The van der Waals surface area contributed by atoms with Crippen LogP contribution in [-0.4, -0.2) is 82.2 Å². The lowest BCUT2D eigenvalue weighted by Crippen LogP contribution is -2.42. The number of rotatable bonds is 13. The van der Waals surface area contributed by atoms with Crippen molar-refractivity contribution in [2.45, 2.75) is 62.5 Å². The molecule has 2 heterocycles. The van der Waals surface area contributed by atoms with Crippen LogP contribution in [0, 0.1) is 0 Å². The van der Waals surface area contributed by atoms with E-state index < -0.39 is 64.2 Å². The van der Waals surface area contributed by atoms with Gasteiger partial charge in [-0.2, -0.15) is 4.31 Å². The fourth-order valence-corrected chi connectivity index (χ4v) is 6.19. The Bertz CT molecular complexity index is 1480. The molecule has 1 unspecified atom stereocenters. The predicted molar refractivity (Wildman–Crippen MR) is 151 cm³/mol. The van der Waals surface area contributed by atoms with Crippen LogP contribution in [0.2, 0.25) is 0 Å². The van der Waals surface area contributed by atoms with Crippen LogP contribution < -0.4 is 11.2 Å². The van der Waals surface area contributed by atoms with Gasteiger partial charge in [0.2, 0.25) is 15.8 Å². The summed E-state index contributed by atoms with van der Waals surface area (Å²) in [4.78, 5) is 52.7. The molecule has 0 amide bonds. The number of benzene rings is 1. The molecule has 2 aromatic rings. The van der Waals surface area contributed by atoms with Crippen LogP contribution in [0.1, 0.15) is 55.3 Å². The van der Waals surface area contributed by atoms with E-state index in [1.165, 1.54) is 45.8 Å². The molecule has 3 N–H and O–H groups in total. The molecule has 4 atom stereocenters. The van der Waals surface area contributed by atoms with Crippen molar-refractivity contribution < 1.29 is 37.7 Å². The predicted octanol–water partition coefficient (Wildman–Crippen LogP) is 1.15. The number of nitrogens with one attached hydrogen (secondary N) is 1. The molecule has 224 valence electrons. The van der Waals surface area contributed by atoms with Crippen molar-refractivity contribution in [1.29, 1.82) is 0 Å². The van der Waals surface area contributed by atoms with Gasteiger partial charge in [0.05, 0.1) is 22.1 Å². The molecule has 41 heavy (non-hydrogen) atoms. The zero-order valence-electron chi connectivity index (χ0n) is 22.4. The monoisotopic (exact) mass is 657 g/mol. The van der Waals surface area contributed by atoms with Crippen LogP contribution in [0.15, 0.2) is 49.9 Å². The molecule has 0 saturated carbocycles. The minimum Gasteiger partial charge on any atom is -0.454 e. The van der Waals surface area contributed by atoms with Gasteiger partial charge in [-0.3, -0.25) is 19.1 Å². The standard InChI is InChI=1S/C26H32BrN3O10S/c1-3-11-29(12-4-2)41(37,38)18-7-5-16(6-8-18)25(35)39-15-20(32)22(33)23-19(31)13-21(40-23)30-14-17(9-10-27)24(34)28-26(30)36/h5-10,14,19,21-23,31,33H,3-4,11-13,15H2,1-2H3,(H,28,34,36)/b10-9+/t19-,21+,22?,23-/m0/s1. The van der Waals surface area contributed by atoms with E-state index in [1.54, 1.807) is 0 Å². The largest absolute Gasteiger partial charge is 0.454 e. The first-order valence-electron chi connectivity index (χ1n) is 12.9. The number of esters is 1. The van der Waals surface area contributed by atoms with Gasteiger partial charge in [-0.1, -0.05) is 29.8 Å². The molecule has 1 fully saturated rings. The van der Waals surface area contributed by atoms with E-state index in [0.29, 0.717) is 25.9 Å². The number of carbonyl (C=O) groups is 2. The molecule has 13 nitrogen and oxygen atoms in total. The third-order valence-electron chi connectivity index (χ3n) is 6.35. The van der Waals surface area contributed by atoms with Crippen molar-refractivity contribution in [2.24, 2.45) is 0 Å². The van der Waals surface area contributed by atoms with Gasteiger partial charge in [0.15, 0.2) is 6.61 Å². The summed E-state index contributed by atoms with van der Waals surface area (Å²) < 4.78 is 38.7. The maximum Gasteiger partial charge on any atom is 0.338 e. The summed E-state index contributed by atoms with van der Waals surface area (Å²) in [6, 6.07) is 5.09. The van der Waals surface area contributed by atoms with Gasteiger partial charge in [-0.15, -0.1) is 0 Å². The number of ketones is 1. The van der Waals surface area contributed by atoms with Crippen molar-refractivity contribution in [3.63, 3.8) is 0 Å². The normalized spacial score (nSPS) is 20.0. The number of aromatic nitrogens is 2. The quantitative estimate of drug-likeness (QED) is 0.264. The number of aliphatic hydroxyl groups is 2. The van der Waals surface area contributed by atoms with E-state index in [9.17, 15) is 37.8 Å². The van der Waals surface area contributed by atoms with Gasteiger partial charge in [-0.05, 0) is 48.2 Å². The van der Waals surface area contributed by atoms with E-state index in [-0.39, 0.29) is 22.4 Å². The number of carbonyl (C=O) groups excluding carboxylic acids is 2. The number of sulfonamides is 1. The maximum atomic E-state index is 12.9. The molecule has 3 rings (SSSR count). The molecule has 0 aliphatic carbocycles. The lowest BCUT2D eigenvalue weighted by molar-refractivity contribution is -0.144. The first-order valence-corrected chi connectivity index (χ1v) is 15.2. The number of aromatic amines is 1. The molecular weight excluding hydrogens is 626 g/mol. The minimum absolute atomic E-state index is 0.00762. The van der Waals surface area contributed by atoms with Crippen molar-refractivity contribution >= 4 is 43.8 Å². The number of nitrogens with zero attached hydrogens (tertiary/aromatic N) is 2. The maximum absolute atomic E-state index is 12.9. The number of halogens is 1. The van der Waals surface area contributed by atoms with E-state index >= 15 is 0 Å². The molecular formula is C26H32BrN3O10S. The Morgan fingerprint density at radius 3 is 2.44 bits per heavy atom. The third kappa shape index (κ3) is 7.67. The van der Waals surface area contributed by atoms with E-state index in [2.05, 4.69) is 20.9 Å². The summed E-state index contributed by atoms with van der Waals surface area (Å²) in [7, 11) is -3.74. The highest BCUT2D eigenvalue weighted by Gasteiger charge is 2.42. The molecule has 15 heteroatoms. The smallest absolute Gasteiger partial charge is 0.338 e. The SMILES string of the molecule is CCCN(CCC)S(=O)(=O)c1ccc(C(=O)OCC(=O)C(O)[C@H]2O[C@@H](n3cc(/C=C/Br)c(=O)[nH]c3=O)C[C@@H]2O)cc1. The average molecular weight is 659 g/mol. The Hall–Kier alpha value is -2.95. The number of aliphatic hydroxyl groups excluding tert-OH is 2.